The van der Waals surface area contributed by atoms with Crippen LogP contribution in [0.15, 0.2) is 42.6 Å². The van der Waals surface area contributed by atoms with Crippen molar-refractivity contribution in [3.63, 3.8) is 0 Å². The van der Waals surface area contributed by atoms with Gasteiger partial charge in [-0.15, -0.1) is 0 Å². The van der Waals surface area contributed by atoms with Crippen molar-refractivity contribution in [3.05, 3.63) is 53.7 Å². The van der Waals surface area contributed by atoms with Gasteiger partial charge in [-0.05, 0) is 36.4 Å². The number of benzene rings is 1. The number of pyridine rings is 1. The van der Waals surface area contributed by atoms with E-state index in [1.165, 1.54) is 6.20 Å². The zero-order valence-corrected chi connectivity index (χ0v) is 11.9. The molecule has 0 fully saturated rings. The quantitative estimate of drug-likeness (QED) is 0.790. The van der Waals surface area contributed by atoms with Crippen LogP contribution in [-0.4, -0.2) is 29.1 Å². The van der Waals surface area contributed by atoms with Gasteiger partial charge in [-0.3, -0.25) is 4.79 Å². The van der Waals surface area contributed by atoms with Crippen molar-refractivity contribution >= 4 is 17.4 Å². The lowest BCUT2D eigenvalue weighted by atomic mass is 10.1. The van der Waals surface area contributed by atoms with Crippen LogP contribution >= 0.6 is 0 Å². The maximum Gasteiger partial charge on any atom is 0.416 e. The van der Waals surface area contributed by atoms with Gasteiger partial charge in [-0.25, -0.2) is 4.98 Å². The Hall–Kier alpha value is -2.61. The first-order valence-electron chi connectivity index (χ1n) is 6.69. The topological polar surface area (TPSA) is 74.2 Å². The molecule has 0 spiro atoms. The van der Waals surface area contributed by atoms with Crippen molar-refractivity contribution in [2.75, 3.05) is 23.8 Å². The number of alkyl halides is 3. The third-order valence-corrected chi connectivity index (χ3v) is 2.91. The number of amides is 1. The number of nitrogens with one attached hydrogen (secondary N) is 2. The molecule has 1 amide bonds. The molecular formula is C15H14F3N3O2. The molecule has 0 saturated heterocycles. The number of halogens is 3. The van der Waals surface area contributed by atoms with Crippen LogP contribution in [0.3, 0.4) is 0 Å². The van der Waals surface area contributed by atoms with Crippen LogP contribution in [0.25, 0.3) is 0 Å². The van der Waals surface area contributed by atoms with E-state index in [4.69, 9.17) is 5.11 Å². The minimum Gasteiger partial charge on any atom is -0.395 e. The maximum absolute atomic E-state index is 12.5. The predicted molar refractivity (Wildman–Crippen MR) is 79.2 cm³/mol. The first kappa shape index (κ1) is 16.8. The number of hydrogen-bond acceptors (Lipinski definition) is 4. The highest BCUT2D eigenvalue weighted by atomic mass is 19.4. The first-order valence-corrected chi connectivity index (χ1v) is 6.69. The normalized spacial score (nSPS) is 11.1. The molecule has 0 radical (unpaired) electrons. The van der Waals surface area contributed by atoms with E-state index in [-0.39, 0.29) is 12.2 Å². The molecule has 2 aromatic rings. The van der Waals surface area contributed by atoms with Gasteiger partial charge in [0.15, 0.2) is 0 Å². The number of carbonyl (C=O) groups is 1. The van der Waals surface area contributed by atoms with Crippen LogP contribution < -0.4 is 10.6 Å². The maximum atomic E-state index is 12.5. The lowest BCUT2D eigenvalue weighted by molar-refractivity contribution is -0.137. The number of aliphatic hydroxyl groups excluding tert-OH is 1. The molecule has 0 aliphatic heterocycles. The molecule has 1 heterocycles. The summed E-state index contributed by atoms with van der Waals surface area (Å²) >= 11 is 0. The number of nitrogens with zero attached hydrogens (tertiary/aromatic N) is 1. The van der Waals surface area contributed by atoms with Gasteiger partial charge in [0.2, 0.25) is 0 Å². The van der Waals surface area contributed by atoms with E-state index in [0.29, 0.717) is 18.1 Å². The molecule has 2 rings (SSSR count). The summed E-state index contributed by atoms with van der Waals surface area (Å²) in [6.07, 6.45) is -3.03. The molecule has 0 unspecified atom stereocenters. The van der Waals surface area contributed by atoms with E-state index < -0.39 is 17.6 Å². The fourth-order valence-electron chi connectivity index (χ4n) is 1.77. The fourth-order valence-corrected chi connectivity index (χ4v) is 1.77. The van der Waals surface area contributed by atoms with Crippen molar-refractivity contribution in [3.8, 4) is 0 Å². The molecular weight excluding hydrogens is 311 g/mol. The summed E-state index contributed by atoms with van der Waals surface area (Å²) in [5.41, 5.74) is -0.292. The van der Waals surface area contributed by atoms with Crippen molar-refractivity contribution in [1.29, 1.82) is 0 Å². The molecule has 122 valence electrons. The second-order valence-corrected chi connectivity index (χ2v) is 4.61. The number of carbonyl (C=O) groups excluding carboxylic acids is 1. The Morgan fingerprint density at radius 3 is 2.35 bits per heavy atom. The van der Waals surface area contributed by atoms with E-state index in [9.17, 15) is 18.0 Å². The van der Waals surface area contributed by atoms with Crippen LogP contribution in [0.2, 0.25) is 0 Å². The van der Waals surface area contributed by atoms with Gasteiger partial charge < -0.3 is 15.7 Å². The van der Waals surface area contributed by atoms with E-state index in [1.54, 1.807) is 12.1 Å². The number of aliphatic hydroxyl groups is 1. The molecule has 1 aromatic heterocycles. The summed E-state index contributed by atoms with van der Waals surface area (Å²) in [7, 11) is 0. The summed E-state index contributed by atoms with van der Waals surface area (Å²) in [4.78, 5) is 16.0. The van der Waals surface area contributed by atoms with Crippen molar-refractivity contribution in [2.45, 2.75) is 6.18 Å². The number of rotatable bonds is 5. The van der Waals surface area contributed by atoms with Crippen molar-refractivity contribution in [2.24, 2.45) is 0 Å². The Balaban J connectivity index is 2.01. The van der Waals surface area contributed by atoms with Crippen LogP contribution in [0.4, 0.5) is 24.7 Å². The minimum absolute atomic E-state index is 0.0336. The zero-order chi connectivity index (χ0) is 16.9. The highest BCUT2D eigenvalue weighted by Gasteiger charge is 2.30. The summed E-state index contributed by atoms with van der Waals surface area (Å²) in [5.74, 6) is 0.00294. The highest BCUT2D eigenvalue weighted by Crippen LogP contribution is 2.29. The van der Waals surface area contributed by atoms with Crippen molar-refractivity contribution < 1.29 is 23.1 Å². The molecule has 0 aliphatic rings. The summed E-state index contributed by atoms with van der Waals surface area (Å²) in [6, 6.07) is 7.14. The minimum atomic E-state index is -4.43. The molecule has 1 aromatic carbocycles. The zero-order valence-electron chi connectivity index (χ0n) is 11.9. The Bertz CT molecular complexity index is 655. The van der Waals surface area contributed by atoms with E-state index in [0.717, 1.165) is 24.3 Å². The molecule has 5 nitrogen and oxygen atoms in total. The largest absolute Gasteiger partial charge is 0.416 e. The van der Waals surface area contributed by atoms with E-state index >= 15 is 0 Å². The monoisotopic (exact) mass is 325 g/mol. The van der Waals surface area contributed by atoms with Crippen LogP contribution in [0.5, 0.6) is 0 Å². The first-order chi connectivity index (χ1) is 10.9. The lowest BCUT2D eigenvalue weighted by Gasteiger charge is -2.09. The van der Waals surface area contributed by atoms with E-state index in [1.807, 2.05) is 0 Å². The summed E-state index contributed by atoms with van der Waals surface area (Å²) < 4.78 is 37.4. The number of aromatic nitrogens is 1. The molecule has 8 heteroatoms. The fraction of sp³-hybridized carbons (Fsp3) is 0.200. The van der Waals surface area contributed by atoms with Crippen LogP contribution in [-0.2, 0) is 6.18 Å². The molecule has 0 atom stereocenters. The molecule has 0 aliphatic carbocycles. The van der Waals surface area contributed by atoms with Crippen molar-refractivity contribution in [1.82, 2.24) is 4.98 Å². The number of anilines is 2. The van der Waals surface area contributed by atoms with Gasteiger partial charge in [0.05, 0.1) is 24.1 Å². The van der Waals surface area contributed by atoms with Gasteiger partial charge in [-0.1, -0.05) is 0 Å². The molecule has 0 bridgehead atoms. The predicted octanol–water partition coefficient (Wildman–Crippen LogP) is 2.76. The Morgan fingerprint density at radius 2 is 1.83 bits per heavy atom. The Labute approximate surface area is 130 Å². The second-order valence-electron chi connectivity index (χ2n) is 4.61. The van der Waals surface area contributed by atoms with Gasteiger partial charge in [0, 0.05) is 12.1 Å². The SMILES string of the molecule is O=C(Nc1ccc(NCCO)nc1)c1ccc(C(F)(F)F)cc1. The number of hydrogen-bond donors (Lipinski definition) is 3. The van der Waals surface area contributed by atoms with Gasteiger partial charge in [-0.2, -0.15) is 13.2 Å². The molecule has 0 saturated carbocycles. The average Bonchev–Trinajstić information content (AvgIpc) is 2.53. The van der Waals surface area contributed by atoms with Crippen LogP contribution in [0.1, 0.15) is 15.9 Å². The molecule has 23 heavy (non-hydrogen) atoms. The van der Waals surface area contributed by atoms with Crippen LogP contribution in [0, 0.1) is 0 Å². The Kier molecular flexibility index (Phi) is 5.17. The third-order valence-electron chi connectivity index (χ3n) is 2.91. The highest BCUT2D eigenvalue weighted by molar-refractivity contribution is 6.04. The summed E-state index contributed by atoms with van der Waals surface area (Å²) in [5, 5.41) is 14.1. The second kappa shape index (κ2) is 7.10. The standard InChI is InChI=1S/C15H14F3N3O2/c16-15(17,18)11-3-1-10(2-4-11)14(23)21-12-5-6-13(20-9-12)19-7-8-22/h1-6,9,22H,7-8H2,(H,19,20)(H,21,23). The molecule has 3 N–H and O–H groups in total. The Morgan fingerprint density at radius 1 is 1.13 bits per heavy atom. The smallest absolute Gasteiger partial charge is 0.395 e. The third kappa shape index (κ3) is 4.68. The van der Waals surface area contributed by atoms with Gasteiger partial charge >= 0.3 is 6.18 Å². The average molecular weight is 325 g/mol. The van der Waals surface area contributed by atoms with E-state index in [2.05, 4.69) is 15.6 Å². The summed E-state index contributed by atoms with van der Waals surface area (Å²) in [6.45, 7) is 0.318. The lowest BCUT2D eigenvalue weighted by Crippen LogP contribution is -2.13. The van der Waals surface area contributed by atoms with Gasteiger partial charge in [0.1, 0.15) is 5.82 Å². The van der Waals surface area contributed by atoms with Gasteiger partial charge in [0.25, 0.3) is 5.91 Å².